The molecule has 148 valence electrons. The van der Waals surface area contributed by atoms with E-state index in [1.54, 1.807) is 12.1 Å². The first-order chi connectivity index (χ1) is 12.8. The minimum atomic E-state index is -0.715. The second kappa shape index (κ2) is 6.45. The van der Waals surface area contributed by atoms with Gasteiger partial charge >= 0.3 is 6.03 Å². The van der Waals surface area contributed by atoms with E-state index in [0.29, 0.717) is 13.1 Å². The first-order valence-corrected chi connectivity index (χ1v) is 10.0. The third-order valence-electron chi connectivity index (χ3n) is 7.35. The number of rotatable bonds is 4. The molecule has 3 fully saturated rings. The van der Waals surface area contributed by atoms with Crippen LogP contribution in [-0.4, -0.2) is 59.3 Å². The van der Waals surface area contributed by atoms with E-state index in [2.05, 4.69) is 24.3 Å². The molecule has 1 aliphatic heterocycles. The minimum Gasteiger partial charge on any atom is -0.388 e. The van der Waals surface area contributed by atoms with Gasteiger partial charge in [0, 0.05) is 12.1 Å². The summed E-state index contributed by atoms with van der Waals surface area (Å²) < 4.78 is 13.9. The van der Waals surface area contributed by atoms with Crippen molar-refractivity contribution in [1.82, 2.24) is 15.1 Å². The van der Waals surface area contributed by atoms with Crippen LogP contribution in [-0.2, 0) is 5.54 Å². The second-order valence-electron chi connectivity index (χ2n) is 8.98. The molecule has 5 nitrogen and oxygen atoms in total. The highest BCUT2D eigenvalue weighted by Gasteiger charge is 2.54. The fraction of sp³-hybridized carbons (Fsp3) is 0.667. The molecule has 6 heteroatoms. The summed E-state index contributed by atoms with van der Waals surface area (Å²) in [6.07, 6.45) is 5.98. The molecular formula is C21H30FN3O2. The zero-order valence-corrected chi connectivity index (χ0v) is 16.3. The van der Waals surface area contributed by atoms with E-state index in [4.69, 9.17) is 0 Å². The van der Waals surface area contributed by atoms with E-state index in [1.165, 1.54) is 6.07 Å². The van der Waals surface area contributed by atoms with Gasteiger partial charge in [0.1, 0.15) is 5.82 Å². The number of amides is 2. The highest BCUT2D eigenvalue weighted by atomic mass is 19.1. The van der Waals surface area contributed by atoms with Gasteiger partial charge in [-0.1, -0.05) is 12.1 Å². The Morgan fingerprint density at radius 2 is 1.89 bits per heavy atom. The lowest BCUT2D eigenvalue weighted by Gasteiger charge is -2.52. The standard InChI is InChI=1S/C21H30FN3O2/c1-24(2)21(16-5-3-6-17(22)13-16)11-9-19(10-12-21)14-23-18(26)25(19)15-20(27)7-4-8-20/h3,5-6,13,27H,4,7-12,14-15H2,1-2H3,(H,23,26). The van der Waals surface area contributed by atoms with Crippen molar-refractivity contribution >= 4 is 6.03 Å². The van der Waals surface area contributed by atoms with E-state index < -0.39 is 5.60 Å². The Labute approximate surface area is 160 Å². The van der Waals surface area contributed by atoms with Crippen LogP contribution in [0.25, 0.3) is 0 Å². The van der Waals surface area contributed by atoms with Crippen molar-refractivity contribution in [3.8, 4) is 0 Å². The zero-order valence-electron chi connectivity index (χ0n) is 16.3. The van der Waals surface area contributed by atoms with Crippen molar-refractivity contribution in [2.75, 3.05) is 27.2 Å². The number of benzene rings is 1. The monoisotopic (exact) mass is 375 g/mol. The summed E-state index contributed by atoms with van der Waals surface area (Å²) >= 11 is 0. The summed E-state index contributed by atoms with van der Waals surface area (Å²) in [6.45, 7) is 1.06. The Balaban J connectivity index is 1.58. The predicted molar refractivity (Wildman–Crippen MR) is 102 cm³/mol. The molecule has 1 saturated heterocycles. The second-order valence-corrected chi connectivity index (χ2v) is 8.98. The van der Waals surface area contributed by atoms with E-state index in [0.717, 1.165) is 50.5 Å². The number of hydrogen-bond acceptors (Lipinski definition) is 3. The molecule has 0 unspecified atom stereocenters. The summed E-state index contributed by atoms with van der Waals surface area (Å²) in [6, 6.07) is 6.86. The first-order valence-electron chi connectivity index (χ1n) is 10.0. The van der Waals surface area contributed by atoms with Crippen LogP contribution < -0.4 is 5.32 Å². The average molecular weight is 375 g/mol. The number of aliphatic hydroxyl groups is 1. The van der Waals surface area contributed by atoms with Gasteiger partial charge in [-0.3, -0.25) is 4.90 Å². The van der Waals surface area contributed by atoms with Crippen LogP contribution in [0.1, 0.15) is 50.5 Å². The maximum absolute atomic E-state index is 13.9. The van der Waals surface area contributed by atoms with Gasteiger partial charge in [0.05, 0.1) is 17.7 Å². The number of carbonyl (C=O) groups excluding carboxylic acids is 1. The van der Waals surface area contributed by atoms with E-state index in [1.807, 2.05) is 11.0 Å². The van der Waals surface area contributed by atoms with Crippen LogP contribution in [0.2, 0.25) is 0 Å². The number of nitrogens with one attached hydrogen (secondary N) is 1. The SMILES string of the molecule is CN(C)C1(c2cccc(F)c2)CCC2(CC1)CNC(=O)N2CC1(O)CCC1. The average Bonchev–Trinajstić information content (AvgIpc) is 2.91. The van der Waals surface area contributed by atoms with Crippen LogP contribution in [0.4, 0.5) is 9.18 Å². The molecule has 1 spiro atoms. The number of nitrogens with zero attached hydrogens (tertiary/aromatic N) is 2. The van der Waals surface area contributed by atoms with Crippen molar-refractivity contribution in [1.29, 1.82) is 0 Å². The molecule has 0 atom stereocenters. The largest absolute Gasteiger partial charge is 0.388 e. The van der Waals surface area contributed by atoms with Gasteiger partial charge < -0.3 is 15.3 Å². The molecule has 3 aliphatic rings. The van der Waals surface area contributed by atoms with Gasteiger partial charge in [0.15, 0.2) is 0 Å². The molecule has 1 aromatic carbocycles. The topological polar surface area (TPSA) is 55.8 Å². The van der Waals surface area contributed by atoms with Crippen molar-refractivity contribution in [2.45, 2.75) is 61.6 Å². The summed E-state index contributed by atoms with van der Waals surface area (Å²) in [4.78, 5) is 16.6. The maximum Gasteiger partial charge on any atom is 0.318 e. The van der Waals surface area contributed by atoms with E-state index in [9.17, 15) is 14.3 Å². The molecule has 0 aromatic heterocycles. The van der Waals surface area contributed by atoms with Crippen molar-refractivity contribution in [3.05, 3.63) is 35.6 Å². The minimum absolute atomic E-state index is 0.0570. The van der Waals surface area contributed by atoms with Crippen molar-refractivity contribution < 1.29 is 14.3 Å². The highest BCUT2D eigenvalue weighted by Crippen LogP contribution is 2.48. The molecule has 2 N–H and O–H groups in total. The number of carbonyl (C=O) groups is 1. The molecule has 4 rings (SSSR count). The van der Waals surface area contributed by atoms with E-state index in [-0.39, 0.29) is 22.9 Å². The molecule has 1 aromatic rings. The molecule has 0 bridgehead atoms. The van der Waals surface area contributed by atoms with Gasteiger partial charge in [0.2, 0.25) is 0 Å². The van der Waals surface area contributed by atoms with Gasteiger partial charge in [-0.2, -0.15) is 0 Å². The van der Waals surface area contributed by atoms with Crippen molar-refractivity contribution in [2.24, 2.45) is 0 Å². The summed E-state index contributed by atoms with van der Waals surface area (Å²) in [5.41, 5.74) is -0.176. The van der Waals surface area contributed by atoms with E-state index >= 15 is 0 Å². The number of hydrogen-bond donors (Lipinski definition) is 2. The smallest absolute Gasteiger partial charge is 0.318 e. The zero-order chi connectivity index (χ0) is 19.3. The lowest BCUT2D eigenvalue weighted by molar-refractivity contribution is -0.0725. The Kier molecular flexibility index (Phi) is 4.47. The molecule has 0 radical (unpaired) electrons. The number of halogens is 1. The lowest BCUT2D eigenvalue weighted by atomic mass is 9.68. The normalized spacial score (nSPS) is 32.6. The first kappa shape index (κ1) is 18.7. The van der Waals surface area contributed by atoms with Crippen LogP contribution >= 0.6 is 0 Å². The van der Waals surface area contributed by atoms with Crippen LogP contribution in [0.3, 0.4) is 0 Å². The summed E-state index contributed by atoms with van der Waals surface area (Å²) in [7, 11) is 4.10. The van der Waals surface area contributed by atoms with Gasteiger partial charge in [-0.15, -0.1) is 0 Å². The molecule has 2 amide bonds. The quantitative estimate of drug-likeness (QED) is 0.851. The van der Waals surface area contributed by atoms with Crippen LogP contribution in [0.5, 0.6) is 0 Å². The predicted octanol–water partition coefficient (Wildman–Crippen LogP) is 2.84. The molecule has 27 heavy (non-hydrogen) atoms. The van der Waals surface area contributed by atoms with Crippen LogP contribution in [0, 0.1) is 5.82 Å². The fourth-order valence-electron chi connectivity index (χ4n) is 5.27. The Morgan fingerprint density at radius 1 is 1.19 bits per heavy atom. The lowest BCUT2D eigenvalue weighted by Crippen LogP contribution is -2.59. The number of urea groups is 1. The third-order valence-corrected chi connectivity index (χ3v) is 7.35. The summed E-state index contributed by atoms with van der Waals surface area (Å²) in [5.74, 6) is -0.208. The molecular weight excluding hydrogens is 345 g/mol. The number of β-amino-alcohol motifs (C(OH)–C–C–N with tert-alkyl or cyclic N) is 1. The highest BCUT2D eigenvalue weighted by molar-refractivity contribution is 5.78. The Bertz CT molecular complexity index is 724. The van der Waals surface area contributed by atoms with Gasteiger partial charge in [-0.25, -0.2) is 9.18 Å². The third kappa shape index (κ3) is 3.03. The Morgan fingerprint density at radius 3 is 2.44 bits per heavy atom. The van der Waals surface area contributed by atoms with Gasteiger partial charge in [0.25, 0.3) is 0 Å². The molecule has 2 saturated carbocycles. The Hall–Kier alpha value is -1.66. The molecule has 2 aliphatic carbocycles. The molecule has 1 heterocycles. The van der Waals surface area contributed by atoms with Crippen molar-refractivity contribution in [3.63, 3.8) is 0 Å². The van der Waals surface area contributed by atoms with Gasteiger partial charge in [-0.05, 0) is 76.7 Å². The fourth-order valence-corrected chi connectivity index (χ4v) is 5.27. The van der Waals surface area contributed by atoms with Crippen LogP contribution in [0.15, 0.2) is 24.3 Å². The summed E-state index contributed by atoms with van der Waals surface area (Å²) in [5, 5.41) is 13.6. The maximum atomic E-state index is 13.9.